The molecule has 0 saturated carbocycles. The standard InChI is InChI=1S/C13H16FNO2/c14-11-4-1-3-10(9-11)12-5-2-7-15(12)8-6-13(16)17/h1,3-4,9,12H,2,5-8H2,(H,16,17). The van der Waals surface area contributed by atoms with Gasteiger partial charge in [-0.2, -0.15) is 0 Å². The Balaban J connectivity index is 2.06. The molecular formula is C13H16FNO2. The summed E-state index contributed by atoms with van der Waals surface area (Å²) >= 11 is 0. The van der Waals surface area contributed by atoms with Gasteiger partial charge in [0.1, 0.15) is 5.82 Å². The lowest BCUT2D eigenvalue weighted by Crippen LogP contribution is -2.26. The van der Waals surface area contributed by atoms with E-state index in [9.17, 15) is 9.18 Å². The lowest BCUT2D eigenvalue weighted by atomic mass is 10.0. The van der Waals surface area contributed by atoms with Gasteiger partial charge < -0.3 is 5.11 Å². The average molecular weight is 237 g/mol. The number of likely N-dealkylation sites (tertiary alicyclic amines) is 1. The highest BCUT2D eigenvalue weighted by Crippen LogP contribution is 2.31. The summed E-state index contributed by atoms with van der Waals surface area (Å²) in [5.41, 5.74) is 0.952. The van der Waals surface area contributed by atoms with Crippen molar-refractivity contribution in [3.63, 3.8) is 0 Å². The van der Waals surface area contributed by atoms with Gasteiger partial charge in [-0.05, 0) is 37.1 Å². The van der Waals surface area contributed by atoms with Gasteiger partial charge in [0.2, 0.25) is 0 Å². The SMILES string of the molecule is O=C(O)CCN1CCCC1c1cccc(F)c1. The zero-order valence-electron chi connectivity index (χ0n) is 9.60. The Morgan fingerprint density at radius 2 is 2.35 bits per heavy atom. The van der Waals surface area contributed by atoms with E-state index in [0.717, 1.165) is 24.9 Å². The molecule has 17 heavy (non-hydrogen) atoms. The van der Waals surface area contributed by atoms with Crippen LogP contribution in [0.5, 0.6) is 0 Å². The van der Waals surface area contributed by atoms with E-state index in [4.69, 9.17) is 5.11 Å². The summed E-state index contributed by atoms with van der Waals surface area (Å²) in [4.78, 5) is 12.7. The molecule has 3 nitrogen and oxygen atoms in total. The van der Waals surface area contributed by atoms with Crippen LogP contribution in [0.1, 0.15) is 30.9 Å². The molecule has 1 atom stereocenters. The number of carboxylic acids is 1. The maximum atomic E-state index is 13.1. The van der Waals surface area contributed by atoms with Crippen LogP contribution in [0.4, 0.5) is 4.39 Å². The van der Waals surface area contributed by atoms with Crippen molar-refractivity contribution in [3.8, 4) is 0 Å². The Labute approximate surface area is 99.9 Å². The van der Waals surface area contributed by atoms with Crippen LogP contribution in [-0.2, 0) is 4.79 Å². The lowest BCUT2D eigenvalue weighted by Gasteiger charge is -2.24. The molecule has 0 amide bonds. The van der Waals surface area contributed by atoms with E-state index in [1.54, 1.807) is 12.1 Å². The smallest absolute Gasteiger partial charge is 0.304 e. The summed E-state index contributed by atoms with van der Waals surface area (Å²) in [5.74, 6) is -1.01. The van der Waals surface area contributed by atoms with Crippen molar-refractivity contribution in [2.24, 2.45) is 0 Å². The third-order valence-corrected chi connectivity index (χ3v) is 3.21. The molecule has 0 spiro atoms. The van der Waals surface area contributed by atoms with E-state index < -0.39 is 5.97 Å². The number of hydrogen-bond donors (Lipinski definition) is 1. The van der Waals surface area contributed by atoms with Crippen LogP contribution in [0.15, 0.2) is 24.3 Å². The minimum Gasteiger partial charge on any atom is -0.481 e. The molecule has 92 valence electrons. The molecule has 1 heterocycles. The van der Waals surface area contributed by atoms with Crippen molar-refractivity contribution in [1.29, 1.82) is 0 Å². The predicted molar refractivity (Wildman–Crippen MR) is 62.2 cm³/mol. The zero-order valence-corrected chi connectivity index (χ0v) is 9.60. The summed E-state index contributed by atoms with van der Waals surface area (Å²) in [7, 11) is 0. The Kier molecular flexibility index (Phi) is 3.74. The molecule has 1 fully saturated rings. The molecule has 1 aromatic carbocycles. The van der Waals surface area contributed by atoms with E-state index in [1.807, 2.05) is 6.07 Å². The number of aliphatic carboxylic acids is 1. The fraction of sp³-hybridized carbons (Fsp3) is 0.462. The number of halogens is 1. The van der Waals surface area contributed by atoms with Crippen molar-refractivity contribution in [1.82, 2.24) is 4.90 Å². The molecule has 0 radical (unpaired) electrons. The van der Waals surface area contributed by atoms with E-state index in [2.05, 4.69) is 4.90 Å². The highest BCUT2D eigenvalue weighted by Gasteiger charge is 2.26. The maximum absolute atomic E-state index is 13.1. The van der Waals surface area contributed by atoms with Crippen molar-refractivity contribution < 1.29 is 14.3 Å². The molecule has 1 aliphatic heterocycles. The van der Waals surface area contributed by atoms with Crippen molar-refractivity contribution in [2.45, 2.75) is 25.3 Å². The summed E-state index contributed by atoms with van der Waals surface area (Å²) in [6.07, 6.45) is 2.16. The maximum Gasteiger partial charge on any atom is 0.304 e. The van der Waals surface area contributed by atoms with Crippen molar-refractivity contribution in [3.05, 3.63) is 35.6 Å². The lowest BCUT2D eigenvalue weighted by molar-refractivity contribution is -0.137. The normalized spacial score (nSPS) is 20.6. The highest BCUT2D eigenvalue weighted by molar-refractivity contribution is 5.66. The van der Waals surface area contributed by atoms with Crippen LogP contribution in [0.3, 0.4) is 0 Å². The minimum absolute atomic E-state index is 0.145. The summed E-state index contributed by atoms with van der Waals surface area (Å²) in [5, 5.41) is 8.69. The Morgan fingerprint density at radius 3 is 3.06 bits per heavy atom. The highest BCUT2D eigenvalue weighted by atomic mass is 19.1. The first kappa shape index (κ1) is 12.0. The second-order valence-electron chi connectivity index (χ2n) is 4.39. The third-order valence-electron chi connectivity index (χ3n) is 3.21. The number of carboxylic acid groups (broad SMARTS) is 1. The molecule has 4 heteroatoms. The number of hydrogen-bond acceptors (Lipinski definition) is 2. The van der Waals surface area contributed by atoms with Gasteiger partial charge in [-0.1, -0.05) is 12.1 Å². The molecule has 0 aromatic heterocycles. The molecule has 0 bridgehead atoms. The second-order valence-corrected chi connectivity index (χ2v) is 4.39. The van der Waals surface area contributed by atoms with Gasteiger partial charge in [-0.25, -0.2) is 4.39 Å². The van der Waals surface area contributed by atoms with E-state index in [-0.39, 0.29) is 18.3 Å². The number of carbonyl (C=O) groups is 1. The number of benzene rings is 1. The van der Waals surface area contributed by atoms with Crippen LogP contribution in [-0.4, -0.2) is 29.1 Å². The quantitative estimate of drug-likeness (QED) is 0.874. The molecule has 1 unspecified atom stereocenters. The predicted octanol–water partition coefficient (Wildman–Crippen LogP) is 2.44. The van der Waals surface area contributed by atoms with Crippen molar-refractivity contribution in [2.75, 3.05) is 13.1 Å². The van der Waals surface area contributed by atoms with Crippen LogP contribution >= 0.6 is 0 Å². The average Bonchev–Trinajstić information content (AvgIpc) is 2.74. The first-order valence-electron chi connectivity index (χ1n) is 5.88. The fourth-order valence-electron chi connectivity index (χ4n) is 2.42. The van der Waals surface area contributed by atoms with E-state index in [1.165, 1.54) is 6.07 Å². The molecule has 1 N–H and O–H groups in total. The number of nitrogens with zero attached hydrogens (tertiary/aromatic N) is 1. The molecule has 1 aliphatic rings. The fourth-order valence-corrected chi connectivity index (χ4v) is 2.42. The van der Waals surface area contributed by atoms with Crippen LogP contribution in [0.25, 0.3) is 0 Å². The Bertz CT molecular complexity index is 408. The zero-order chi connectivity index (χ0) is 12.3. The molecule has 2 rings (SSSR count). The second kappa shape index (κ2) is 5.27. The number of rotatable bonds is 4. The topological polar surface area (TPSA) is 40.5 Å². The molecule has 1 saturated heterocycles. The van der Waals surface area contributed by atoms with Crippen LogP contribution < -0.4 is 0 Å². The van der Waals surface area contributed by atoms with Gasteiger partial charge in [0.15, 0.2) is 0 Å². The first-order valence-corrected chi connectivity index (χ1v) is 5.88. The molecular weight excluding hydrogens is 221 g/mol. The molecule has 0 aliphatic carbocycles. The summed E-state index contributed by atoms with van der Waals surface area (Å²) in [6.45, 7) is 1.44. The summed E-state index contributed by atoms with van der Waals surface area (Å²) < 4.78 is 13.1. The van der Waals surface area contributed by atoms with Gasteiger partial charge in [-0.15, -0.1) is 0 Å². The van der Waals surface area contributed by atoms with Gasteiger partial charge in [0, 0.05) is 12.6 Å². The third kappa shape index (κ3) is 3.03. The largest absolute Gasteiger partial charge is 0.481 e. The van der Waals surface area contributed by atoms with E-state index >= 15 is 0 Å². The van der Waals surface area contributed by atoms with Gasteiger partial charge in [0.25, 0.3) is 0 Å². The van der Waals surface area contributed by atoms with Gasteiger partial charge >= 0.3 is 5.97 Å². The monoisotopic (exact) mass is 237 g/mol. The minimum atomic E-state index is -0.783. The van der Waals surface area contributed by atoms with Gasteiger partial charge in [-0.3, -0.25) is 9.69 Å². The first-order chi connectivity index (χ1) is 8.16. The van der Waals surface area contributed by atoms with E-state index in [0.29, 0.717) is 6.54 Å². The Hall–Kier alpha value is -1.42. The molecule has 1 aromatic rings. The van der Waals surface area contributed by atoms with Crippen LogP contribution in [0, 0.1) is 5.82 Å². The Morgan fingerprint density at radius 1 is 1.53 bits per heavy atom. The van der Waals surface area contributed by atoms with Crippen molar-refractivity contribution >= 4 is 5.97 Å². The van der Waals surface area contributed by atoms with Gasteiger partial charge in [0.05, 0.1) is 6.42 Å². The summed E-state index contributed by atoms with van der Waals surface area (Å²) in [6, 6.07) is 6.76. The van der Waals surface area contributed by atoms with Crippen LogP contribution in [0.2, 0.25) is 0 Å².